The van der Waals surface area contributed by atoms with E-state index in [1.165, 1.54) is 17.9 Å². The van der Waals surface area contributed by atoms with E-state index in [0.717, 1.165) is 24.6 Å². The molecule has 0 radical (unpaired) electrons. The first kappa shape index (κ1) is 25.7. The summed E-state index contributed by atoms with van der Waals surface area (Å²) < 4.78 is 72.4. The summed E-state index contributed by atoms with van der Waals surface area (Å²) in [7, 11) is -6.06. The lowest BCUT2D eigenvalue weighted by Crippen LogP contribution is -2.53. The number of nitrogens with zero attached hydrogens (tertiary/aromatic N) is 2. The summed E-state index contributed by atoms with van der Waals surface area (Å²) in [4.78, 5) is 30.3. The summed E-state index contributed by atoms with van der Waals surface area (Å²) in [6.07, 6.45) is 1.80. The normalized spacial score (nSPS) is 21.9. The van der Waals surface area contributed by atoms with Gasteiger partial charge < -0.3 is 19.1 Å². The molecule has 13 heteroatoms. The smallest absolute Gasteiger partial charge is 0.445 e. The number of alkyl halides is 3. The average Bonchev–Trinajstić information content (AvgIpc) is 3.64. The van der Waals surface area contributed by atoms with Crippen LogP contribution in [-0.2, 0) is 26.3 Å². The van der Waals surface area contributed by atoms with Crippen LogP contribution in [0.3, 0.4) is 0 Å². The molecule has 1 aliphatic heterocycles. The number of hydrogen-bond donors (Lipinski definition) is 1. The van der Waals surface area contributed by atoms with Gasteiger partial charge in [-0.2, -0.15) is 21.6 Å². The van der Waals surface area contributed by atoms with Crippen molar-refractivity contribution in [1.82, 2.24) is 10.3 Å². The van der Waals surface area contributed by atoms with Crippen molar-refractivity contribution >= 4 is 27.8 Å². The molecule has 0 bridgehead atoms. The van der Waals surface area contributed by atoms with Gasteiger partial charge in [-0.25, -0.2) is 9.78 Å². The van der Waals surface area contributed by atoms with Crippen molar-refractivity contribution < 1.29 is 40.1 Å². The number of anilines is 1. The lowest BCUT2D eigenvalue weighted by atomic mass is 9.80. The predicted octanol–water partition coefficient (Wildman–Crippen LogP) is 4.06. The van der Waals surface area contributed by atoms with E-state index in [-0.39, 0.29) is 29.7 Å². The van der Waals surface area contributed by atoms with Gasteiger partial charge in [-0.15, -0.1) is 0 Å². The fourth-order valence-corrected chi connectivity index (χ4v) is 4.99. The fourth-order valence-electron chi connectivity index (χ4n) is 4.56. The fraction of sp³-hybridized carbons (Fsp3) is 0.435. The summed E-state index contributed by atoms with van der Waals surface area (Å²) >= 11 is 0. The van der Waals surface area contributed by atoms with Gasteiger partial charge in [0, 0.05) is 30.6 Å². The minimum atomic E-state index is -6.06. The quantitative estimate of drug-likeness (QED) is 0.445. The minimum Gasteiger partial charge on any atom is -0.445 e. The van der Waals surface area contributed by atoms with Gasteiger partial charge in [-0.05, 0) is 30.4 Å². The minimum absolute atomic E-state index is 0.00830. The lowest BCUT2D eigenvalue weighted by Gasteiger charge is -2.45. The van der Waals surface area contributed by atoms with Gasteiger partial charge in [0.05, 0.1) is 6.04 Å². The Bertz CT molecular complexity index is 1250. The Morgan fingerprint density at radius 2 is 1.83 bits per heavy atom. The number of nitrogens with one attached hydrogen (secondary N) is 1. The molecular formula is C23H24F3N3O6S. The Hall–Kier alpha value is -3.35. The molecule has 0 spiro atoms. The number of aromatic nitrogens is 1. The number of carbonyl (C=O) groups excluding carboxylic acids is 2. The second-order valence-corrected chi connectivity index (χ2v) is 10.3. The highest BCUT2D eigenvalue weighted by Gasteiger charge is 2.52. The molecule has 2 aliphatic rings. The van der Waals surface area contributed by atoms with Crippen molar-refractivity contribution in [3.05, 3.63) is 53.7 Å². The Kier molecular flexibility index (Phi) is 6.86. The third-order valence-corrected chi connectivity index (χ3v) is 7.21. The van der Waals surface area contributed by atoms with E-state index in [1.807, 2.05) is 6.07 Å². The second-order valence-electron chi connectivity index (χ2n) is 8.80. The standard InChI is InChI=1S/C23H24F3N3O6S/c1-13-18(28-22(31)34-12-15-6-4-3-5-7-15)17-10-11-27-21(35-36(32,33)23(24,25)26)20(17)29(14(2)30)19(13)16-8-9-16/h3-7,10-11,13,16,18-19H,8-9,12H2,1-2H3,(H,28,31)/t13-,18-,19-/m1/s1. The van der Waals surface area contributed by atoms with Gasteiger partial charge in [0.2, 0.25) is 5.91 Å². The van der Waals surface area contributed by atoms with Crippen LogP contribution in [0, 0.1) is 11.8 Å². The second kappa shape index (κ2) is 9.60. The molecule has 2 aromatic rings. The monoisotopic (exact) mass is 527 g/mol. The van der Waals surface area contributed by atoms with Crippen LogP contribution in [0.1, 0.15) is 43.9 Å². The summed E-state index contributed by atoms with van der Waals surface area (Å²) in [6.45, 7) is 3.01. The van der Waals surface area contributed by atoms with Gasteiger partial charge in [-0.1, -0.05) is 37.3 Å². The first-order chi connectivity index (χ1) is 16.9. The maximum absolute atomic E-state index is 13.1. The van der Waals surface area contributed by atoms with E-state index in [2.05, 4.69) is 14.5 Å². The lowest BCUT2D eigenvalue weighted by molar-refractivity contribution is -0.117. The summed E-state index contributed by atoms with van der Waals surface area (Å²) in [5.41, 5.74) is -4.98. The van der Waals surface area contributed by atoms with Gasteiger partial charge in [-0.3, -0.25) is 4.79 Å². The molecule has 36 heavy (non-hydrogen) atoms. The molecule has 3 atom stereocenters. The molecular weight excluding hydrogens is 503 g/mol. The van der Waals surface area contributed by atoms with Crippen molar-refractivity contribution in [2.24, 2.45) is 11.8 Å². The van der Waals surface area contributed by atoms with Crippen molar-refractivity contribution in [2.75, 3.05) is 4.90 Å². The number of fused-ring (bicyclic) bond motifs is 1. The molecule has 1 saturated carbocycles. The first-order valence-electron chi connectivity index (χ1n) is 11.2. The summed E-state index contributed by atoms with van der Waals surface area (Å²) in [5, 5.41) is 2.73. The number of pyridine rings is 1. The summed E-state index contributed by atoms with van der Waals surface area (Å²) in [5.74, 6) is -1.78. The first-order valence-corrected chi connectivity index (χ1v) is 12.6. The Morgan fingerprint density at radius 3 is 2.42 bits per heavy atom. The zero-order chi connectivity index (χ0) is 26.3. The zero-order valence-corrected chi connectivity index (χ0v) is 20.2. The topological polar surface area (TPSA) is 115 Å². The van der Waals surface area contributed by atoms with Crippen molar-refractivity contribution in [3.8, 4) is 5.88 Å². The third kappa shape index (κ3) is 5.11. The van der Waals surface area contributed by atoms with Crippen LogP contribution >= 0.6 is 0 Å². The number of halogens is 3. The number of alkyl carbamates (subject to hydrolysis) is 1. The molecule has 2 amide bonds. The largest absolute Gasteiger partial charge is 0.534 e. The number of amides is 2. The van der Waals surface area contributed by atoms with Crippen molar-refractivity contribution in [1.29, 1.82) is 0 Å². The number of ether oxygens (including phenoxy) is 1. The number of benzene rings is 1. The zero-order valence-electron chi connectivity index (χ0n) is 19.4. The van der Waals surface area contributed by atoms with Crippen LogP contribution in [0.15, 0.2) is 42.6 Å². The van der Waals surface area contributed by atoms with Gasteiger partial charge in [0.25, 0.3) is 5.88 Å². The van der Waals surface area contributed by atoms with E-state index in [0.29, 0.717) is 0 Å². The van der Waals surface area contributed by atoms with E-state index < -0.39 is 45.6 Å². The summed E-state index contributed by atoms with van der Waals surface area (Å²) in [6, 6.07) is 8.99. The van der Waals surface area contributed by atoms with Crippen LogP contribution in [0.5, 0.6) is 5.88 Å². The molecule has 194 valence electrons. The molecule has 1 aliphatic carbocycles. The van der Waals surface area contributed by atoms with E-state index in [9.17, 15) is 31.2 Å². The molecule has 1 aromatic heterocycles. The van der Waals surface area contributed by atoms with E-state index in [1.54, 1.807) is 31.2 Å². The average molecular weight is 528 g/mol. The Morgan fingerprint density at radius 1 is 1.17 bits per heavy atom. The highest BCUT2D eigenvalue weighted by molar-refractivity contribution is 7.88. The predicted molar refractivity (Wildman–Crippen MR) is 121 cm³/mol. The van der Waals surface area contributed by atoms with Crippen molar-refractivity contribution in [2.45, 2.75) is 50.9 Å². The Labute approximate surface area is 205 Å². The van der Waals surface area contributed by atoms with Gasteiger partial charge >= 0.3 is 21.7 Å². The SMILES string of the molecule is CC(=O)N1c2c(ccnc2OS(=O)(=O)C(F)(F)F)[C@H](NC(=O)OCc2ccccc2)[C@@H](C)[C@@H]1C1CC1. The molecule has 2 heterocycles. The van der Waals surface area contributed by atoms with Gasteiger partial charge in [0.1, 0.15) is 12.3 Å². The molecule has 4 rings (SSSR count). The van der Waals surface area contributed by atoms with Gasteiger partial charge in [0.15, 0.2) is 0 Å². The van der Waals surface area contributed by atoms with E-state index in [4.69, 9.17) is 4.74 Å². The number of hydrogen-bond acceptors (Lipinski definition) is 7. The van der Waals surface area contributed by atoms with E-state index >= 15 is 0 Å². The number of rotatable bonds is 6. The molecule has 1 N–H and O–H groups in total. The third-order valence-electron chi connectivity index (χ3n) is 6.26. The maximum atomic E-state index is 13.1. The molecule has 1 aromatic carbocycles. The van der Waals surface area contributed by atoms with Crippen LogP contribution in [-0.4, -0.2) is 37.0 Å². The highest BCUT2D eigenvalue weighted by atomic mass is 32.2. The maximum Gasteiger partial charge on any atom is 0.534 e. The molecule has 1 fully saturated rings. The number of carbonyl (C=O) groups is 2. The van der Waals surface area contributed by atoms with Crippen LogP contribution in [0.4, 0.5) is 23.7 Å². The molecule has 0 saturated heterocycles. The molecule has 0 unspecified atom stereocenters. The van der Waals surface area contributed by atoms with Crippen molar-refractivity contribution in [3.63, 3.8) is 0 Å². The highest BCUT2D eigenvalue weighted by Crippen LogP contribution is 2.51. The van der Waals surface area contributed by atoms with Crippen LogP contribution in [0.2, 0.25) is 0 Å². The molecule has 9 nitrogen and oxygen atoms in total. The Balaban J connectivity index is 1.71. The van der Waals surface area contributed by atoms with Crippen LogP contribution < -0.4 is 14.4 Å². The van der Waals surface area contributed by atoms with Crippen LogP contribution in [0.25, 0.3) is 0 Å².